The van der Waals surface area contributed by atoms with Crippen molar-refractivity contribution < 1.29 is 0 Å². The van der Waals surface area contributed by atoms with E-state index < -0.39 is 0 Å². The Morgan fingerprint density at radius 3 is 2.58 bits per heavy atom. The summed E-state index contributed by atoms with van der Waals surface area (Å²) in [7, 11) is 1.95. The number of aromatic nitrogens is 2. The third-order valence-corrected chi connectivity index (χ3v) is 3.75. The molecule has 2 rings (SSSR count). The molecule has 0 saturated heterocycles. The average molecular weight is 322 g/mol. The number of halogens is 1. The maximum atomic E-state index is 4.39. The van der Waals surface area contributed by atoms with Gasteiger partial charge in [-0.05, 0) is 30.2 Å². The molecule has 0 amide bonds. The third kappa shape index (κ3) is 4.18. The van der Waals surface area contributed by atoms with E-state index in [1.165, 1.54) is 5.56 Å². The van der Waals surface area contributed by atoms with E-state index in [0.29, 0.717) is 6.04 Å². The van der Waals surface area contributed by atoms with E-state index in [4.69, 9.17) is 0 Å². The fourth-order valence-electron chi connectivity index (χ4n) is 2.16. The molecular weight excluding hydrogens is 302 g/mol. The zero-order valence-electron chi connectivity index (χ0n) is 11.4. The smallest absolute Gasteiger partial charge is 0.0637 e. The Hall–Kier alpha value is -1.13. The standard InChI is InChI=1S/C15H20BrN3/c1-3-15(12-4-6-13(16)7-5-12)17-10-8-14-9-11-19(2)18-14/h4-7,9,11,15,17H,3,8,10H2,1-2H3. The van der Waals surface area contributed by atoms with Crippen LogP contribution in [0.15, 0.2) is 41.0 Å². The summed E-state index contributed by atoms with van der Waals surface area (Å²) in [6.07, 6.45) is 4.04. The number of rotatable bonds is 6. The van der Waals surface area contributed by atoms with Gasteiger partial charge in [-0.3, -0.25) is 4.68 Å². The highest BCUT2D eigenvalue weighted by Crippen LogP contribution is 2.19. The third-order valence-electron chi connectivity index (χ3n) is 3.22. The summed E-state index contributed by atoms with van der Waals surface area (Å²) < 4.78 is 2.97. The Balaban J connectivity index is 1.87. The van der Waals surface area contributed by atoms with Gasteiger partial charge in [-0.25, -0.2) is 0 Å². The normalized spacial score (nSPS) is 12.6. The number of hydrogen-bond donors (Lipinski definition) is 1. The quantitative estimate of drug-likeness (QED) is 0.883. The van der Waals surface area contributed by atoms with Gasteiger partial charge in [0, 0.05) is 36.7 Å². The molecule has 0 aliphatic rings. The summed E-state index contributed by atoms with van der Waals surface area (Å²) in [5, 5.41) is 7.99. The number of nitrogens with zero attached hydrogens (tertiary/aromatic N) is 2. The SMILES string of the molecule is CCC(NCCc1ccn(C)n1)c1ccc(Br)cc1. The Morgan fingerprint density at radius 1 is 1.26 bits per heavy atom. The van der Waals surface area contributed by atoms with Crippen molar-refractivity contribution in [3.63, 3.8) is 0 Å². The van der Waals surface area contributed by atoms with E-state index in [0.717, 1.165) is 29.6 Å². The molecule has 0 aliphatic carbocycles. The molecule has 1 unspecified atom stereocenters. The van der Waals surface area contributed by atoms with Crippen LogP contribution in [0.3, 0.4) is 0 Å². The monoisotopic (exact) mass is 321 g/mol. The predicted molar refractivity (Wildman–Crippen MR) is 82.1 cm³/mol. The number of aryl methyl sites for hydroxylation is 1. The Bertz CT molecular complexity index is 504. The number of benzene rings is 1. The van der Waals surface area contributed by atoms with Crippen molar-refractivity contribution in [3.05, 3.63) is 52.3 Å². The molecule has 4 heteroatoms. The summed E-state index contributed by atoms with van der Waals surface area (Å²) in [5.41, 5.74) is 2.48. The highest BCUT2D eigenvalue weighted by Gasteiger charge is 2.08. The molecule has 1 atom stereocenters. The van der Waals surface area contributed by atoms with Gasteiger partial charge in [-0.2, -0.15) is 5.10 Å². The van der Waals surface area contributed by atoms with Gasteiger partial charge in [0.15, 0.2) is 0 Å². The second-order valence-corrected chi connectivity index (χ2v) is 5.61. The van der Waals surface area contributed by atoms with Gasteiger partial charge in [0.2, 0.25) is 0 Å². The van der Waals surface area contributed by atoms with Gasteiger partial charge in [0.05, 0.1) is 5.69 Å². The summed E-state index contributed by atoms with van der Waals surface area (Å²) in [5.74, 6) is 0. The van der Waals surface area contributed by atoms with E-state index in [-0.39, 0.29) is 0 Å². The molecule has 1 N–H and O–H groups in total. The van der Waals surface area contributed by atoms with E-state index in [1.807, 2.05) is 17.9 Å². The molecule has 19 heavy (non-hydrogen) atoms. The van der Waals surface area contributed by atoms with Gasteiger partial charge < -0.3 is 5.32 Å². The van der Waals surface area contributed by atoms with Crippen LogP contribution in [0.5, 0.6) is 0 Å². The number of hydrogen-bond acceptors (Lipinski definition) is 2. The molecular formula is C15H20BrN3. The molecule has 1 aromatic carbocycles. The maximum absolute atomic E-state index is 4.39. The molecule has 1 aromatic heterocycles. The maximum Gasteiger partial charge on any atom is 0.0637 e. The van der Waals surface area contributed by atoms with Gasteiger partial charge in [-0.1, -0.05) is 35.0 Å². The van der Waals surface area contributed by atoms with Gasteiger partial charge in [-0.15, -0.1) is 0 Å². The zero-order valence-corrected chi connectivity index (χ0v) is 13.0. The molecule has 0 spiro atoms. The first-order valence-electron chi connectivity index (χ1n) is 6.66. The van der Waals surface area contributed by atoms with Crippen LogP contribution in [0.2, 0.25) is 0 Å². The van der Waals surface area contributed by atoms with Gasteiger partial charge in [0.1, 0.15) is 0 Å². The van der Waals surface area contributed by atoms with E-state index in [1.54, 1.807) is 0 Å². The summed E-state index contributed by atoms with van der Waals surface area (Å²) in [4.78, 5) is 0. The van der Waals surface area contributed by atoms with Crippen LogP contribution in [0.1, 0.15) is 30.6 Å². The highest BCUT2D eigenvalue weighted by atomic mass is 79.9. The van der Waals surface area contributed by atoms with Crippen molar-refractivity contribution in [1.29, 1.82) is 0 Å². The molecule has 0 saturated carbocycles. The highest BCUT2D eigenvalue weighted by molar-refractivity contribution is 9.10. The topological polar surface area (TPSA) is 29.9 Å². The van der Waals surface area contributed by atoms with Crippen molar-refractivity contribution in [2.45, 2.75) is 25.8 Å². The molecule has 0 aliphatic heterocycles. The van der Waals surface area contributed by atoms with Crippen LogP contribution in [0.25, 0.3) is 0 Å². The molecule has 2 aromatic rings. The minimum atomic E-state index is 0.414. The molecule has 0 fully saturated rings. The lowest BCUT2D eigenvalue weighted by Crippen LogP contribution is -2.23. The lowest BCUT2D eigenvalue weighted by atomic mass is 10.0. The molecule has 102 valence electrons. The van der Waals surface area contributed by atoms with Crippen molar-refractivity contribution in [3.8, 4) is 0 Å². The Labute approximate surface area is 123 Å². The lowest BCUT2D eigenvalue weighted by molar-refractivity contribution is 0.519. The van der Waals surface area contributed by atoms with Gasteiger partial charge >= 0.3 is 0 Å². The summed E-state index contributed by atoms with van der Waals surface area (Å²) in [6.45, 7) is 3.16. The molecule has 1 heterocycles. The Morgan fingerprint density at radius 2 is 2.00 bits per heavy atom. The first-order chi connectivity index (χ1) is 9.19. The summed E-state index contributed by atoms with van der Waals surface area (Å²) >= 11 is 3.47. The van der Waals surface area contributed by atoms with Crippen LogP contribution >= 0.6 is 15.9 Å². The van der Waals surface area contributed by atoms with Crippen LogP contribution in [0.4, 0.5) is 0 Å². The largest absolute Gasteiger partial charge is 0.310 e. The van der Waals surface area contributed by atoms with Gasteiger partial charge in [0.25, 0.3) is 0 Å². The van der Waals surface area contributed by atoms with Crippen LogP contribution < -0.4 is 5.32 Å². The predicted octanol–water partition coefficient (Wildman–Crippen LogP) is 3.47. The molecule has 3 nitrogen and oxygen atoms in total. The summed E-state index contributed by atoms with van der Waals surface area (Å²) in [6, 6.07) is 11.0. The fourth-order valence-corrected chi connectivity index (χ4v) is 2.43. The van der Waals surface area contributed by atoms with Crippen molar-refractivity contribution in [2.75, 3.05) is 6.54 Å². The van der Waals surface area contributed by atoms with Crippen molar-refractivity contribution >= 4 is 15.9 Å². The lowest BCUT2D eigenvalue weighted by Gasteiger charge is -2.17. The second kappa shape index (κ2) is 6.87. The first kappa shape index (κ1) is 14.3. The Kier molecular flexibility index (Phi) is 5.16. The van der Waals surface area contributed by atoms with E-state index in [9.17, 15) is 0 Å². The van der Waals surface area contributed by atoms with Crippen LogP contribution in [-0.2, 0) is 13.5 Å². The first-order valence-corrected chi connectivity index (χ1v) is 7.45. The fraction of sp³-hybridized carbons (Fsp3) is 0.400. The van der Waals surface area contributed by atoms with E-state index in [2.05, 4.69) is 63.6 Å². The zero-order chi connectivity index (χ0) is 13.7. The minimum Gasteiger partial charge on any atom is -0.310 e. The van der Waals surface area contributed by atoms with Crippen molar-refractivity contribution in [1.82, 2.24) is 15.1 Å². The number of nitrogens with one attached hydrogen (secondary N) is 1. The van der Waals surface area contributed by atoms with Crippen LogP contribution in [0, 0.1) is 0 Å². The van der Waals surface area contributed by atoms with Crippen molar-refractivity contribution in [2.24, 2.45) is 7.05 Å². The minimum absolute atomic E-state index is 0.414. The molecule has 0 bridgehead atoms. The second-order valence-electron chi connectivity index (χ2n) is 4.70. The van der Waals surface area contributed by atoms with Crippen LogP contribution in [-0.4, -0.2) is 16.3 Å². The van der Waals surface area contributed by atoms with E-state index >= 15 is 0 Å². The molecule has 0 radical (unpaired) electrons. The average Bonchev–Trinajstić information content (AvgIpc) is 2.82.